The Morgan fingerprint density at radius 1 is 1.07 bits per heavy atom. The van der Waals surface area contributed by atoms with Crippen molar-refractivity contribution in [3.63, 3.8) is 0 Å². The molecule has 0 N–H and O–H groups in total. The number of rotatable bonds is 4. The van der Waals surface area contributed by atoms with Crippen molar-refractivity contribution in [2.45, 2.75) is 37.6 Å². The second kappa shape index (κ2) is 7.17. The van der Waals surface area contributed by atoms with Crippen LogP contribution in [0.5, 0.6) is 0 Å². The Morgan fingerprint density at radius 2 is 1.96 bits per heavy atom. The largest absolute Gasteiger partial charge is 0.355 e. The van der Waals surface area contributed by atoms with Gasteiger partial charge < -0.3 is 9.80 Å². The van der Waals surface area contributed by atoms with E-state index in [2.05, 4.69) is 26.8 Å². The van der Waals surface area contributed by atoms with E-state index in [1.165, 1.54) is 12.8 Å². The molecule has 2 fully saturated rings. The SMILES string of the molecule is CN(c1ccnc(C2CC2)n1)C1CCCN(c2cnc3cc(Cl)ccc3n2)C1. The van der Waals surface area contributed by atoms with Crippen molar-refractivity contribution in [3.05, 3.63) is 47.5 Å². The van der Waals surface area contributed by atoms with Gasteiger partial charge in [-0.2, -0.15) is 0 Å². The van der Waals surface area contributed by atoms with Crippen LogP contribution in [-0.4, -0.2) is 46.1 Å². The molecule has 0 bridgehead atoms. The molecule has 3 heterocycles. The molecule has 7 heteroatoms. The number of piperidine rings is 1. The quantitative estimate of drug-likeness (QED) is 0.665. The van der Waals surface area contributed by atoms with Crippen molar-refractivity contribution in [2.24, 2.45) is 0 Å². The molecule has 1 saturated carbocycles. The number of hydrogen-bond donors (Lipinski definition) is 0. The van der Waals surface area contributed by atoms with E-state index in [1.807, 2.05) is 36.7 Å². The van der Waals surface area contributed by atoms with Crippen molar-refractivity contribution in [2.75, 3.05) is 29.9 Å². The highest BCUT2D eigenvalue weighted by Crippen LogP contribution is 2.38. The van der Waals surface area contributed by atoms with E-state index in [-0.39, 0.29) is 0 Å². The zero-order valence-corrected chi connectivity index (χ0v) is 16.7. The number of anilines is 2. The average molecular weight is 395 g/mol. The molecule has 6 nitrogen and oxygen atoms in total. The molecule has 28 heavy (non-hydrogen) atoms. The summed E-state index contributed by atoms with van der Waals surface area (Å²) in [6, 6.07) is 8.06. The number of likely N-dealkylation sites (N-methyl/N-ethyl adjacent to an activating group) is 1. The summed E-state index contributed by atoms with van der Waals surface area (Å²) in [5, 5.41) is 0.685. The van der Waals surface area contributed by atoms with E-state index < -0.39 is 0 Å². The minimum absolute atomic E-state index is 0.387. The molecule has 0 spiro atoms. The summed E-state index contributed by atoms with van der Waals surface area (Å²) in [4.78, 5) is 23.3. The van der Waals surface area contributed by atoms with Gasteiger partial charge in [-0.1, -0.05) is 11.6 Å². The molecule has 2 aliphatic rings. The van der Waals surface area contributed by atoms with E-state index in [0.717, 1.165) is 54.4 Å². The van der Waals surface area contributed by atoms with Crippen molar-refractivity contribution in [3.8, 4) is 0 Å². The minimum atomic E-state index is 0.387. The first-order chi connectivity index (χ1) is 13.7. The van der Waals surface area contributed by atoms with Crippen molar-refractivity contribution in [1.29, 1.82) is 0 Å². The van der Waals surface area contributed by atoms with Gasteiger partial charge in [0.2, 0.25) is 0 Å². The van der Waals surface area contributed by atoms with Gasteiger partial charge in [0.25, 0.3) is 0 Å². The number of benzene rings is 1. The standard InChI is InChI=1S/C21H23ClN6/c1-27(19-8-9-23-21(26-19)14-4-5-14)16-3-2-10-28(13-16)20-12-24-18-11-15(22)6-7-17(18)25-20/h6-9,11-12,14,16H,2-5,10,13H2,1H3. The van der Waals surface area contributed by atoms with Crippen LogP contribution in [0.15, 0.2) is 36.7 Å². The molecule has 1 saturated heterocycles. The summed E-state index contributed by atoms with van der Waals surface area (Å²) in [6.07, 6.45) is 8.46. The Bertz CT molecular complexity index is 1010. The number of aromatic nitrogens is 4. The first-order valence-electron chi connectivity index (χ1n) is 9.90. The minimum Gasteiger partial charge on any atom is -0.355 e. The molecule has 144 valence electrons. The molecule has 1 aliphatic heterocycles. The van der Waals surface area contributed by atoms with Crippen molar-refractivity contribution in [1.82, 2.24) is 19.9 Å². The Labute approximate surface area is 169 Å². The second-order valence-corrected chi connectivity index (χ2v) is 8.20. The topological polar surface area (TPSA) is 58.0 Å². The van der Waals surface area contributed by atoms with Crippen LogP contribution >= 0.6 is 11.6 Å². The molecule has 5 rings (SSSR count). The van der Waals surface area contributed by atoms with Crippen LogP contribution in [0.25, 0.3) is 11.0 Å². The molecule has 1 unspecified atom stereocenters. The zero-order valence-electron chi connectivity index (χ0n) is 15.9. The summed E-state index contributed by atoms with van der Waals surface area (Å²) in [6.45, 7) is 1.91. The van der Waals surface area contributed by atoms with Crippen LogP contribution in [0, 0.1) is 0 Å². The summed E-state index contributed by atoms with van der Waals surface area (Å²) >= 11 is 6.06. The Hall–Kier alpha value is -2.47. The van der Waals surface area contributed by atoms with Gasteiger partial charge in [0.15, 0.2) is 0 Å². The lowest BCUT2D eigenvalue weighted by atomic mass is 10.0. The number of nitrogens with zero attached hydrogens (tertiary/aromatic N) is 6. The summed E-state index contributed by atoms with van der Waals surface area (Å²) in [5.41, 5.74) is 1.71. The van der Waals surface area contributed by atoms with E-state index in [0.29, 0.717) is 17.0 Å². The van der Waals surface area contributed by atoms with Gasteiger partial charge in [-0.15, -0.1) is 0 Å². The summed E-state index contributed by atoms with van der Waals surface area (Å²) in [5.74, 6) is 3.51. The third kappa shape index (κ3) is 3.49. The number of fused-ring (bicyclic) bond motifs is 1. The number of halogens is 1. The van der Waals surface area contributed by atoms with E-state index >= 15 is 0 Å². The third-order valence-corrected chi connectivity index (χ3v) is 5.96. The Kier molecular flexibility index (Phi) is 4.51. The first-order valence-corrected chi connectivity index (χ1v) is 10.3. The molecule has 3 aromatic rings. The highest BCUT2D eigenvalue weighted by Gasteiger charge is 2.29. The molecule has 1 aromatic carbocycles. The first kappa shape index (κ1) is 17.6. The van der Waals surface area contributed by atoms with Crippen LogP contribution in [0.3, 0.4) is 0 Å². The molecule has 0 amide bonds. The fraction of sp³-hybridized carbons (Fsp3) is 0.429. The lowest BCUT2D eigenvalue weighted by molar-refractivity contribution is 0.483. The predicted octanol–water partition coefficient (Wildman–Crippen LogP) is 4.06. The molecular formula is C21H23ClN6. The Morgan fingerprint density at radius 3 is 2.82 bits per heavy atom. The molecule has 0 radical (unpaired) electrons. The maximum atomic E-state index is 6.06. The van der Waals surface area contributed by atoms with Gasteiger partial charge in [0.05, 0.1) is 17.2 Å². The van der Waals surface area contributed by atoms with Gasteiger partial charge >= 0.3 is 0 Å². The second-order valence-electron chi connectivity index (χ2n) is 7.76. The normalized spacial score (nSPS) is 19.8. The maximum absolute atomic E-state index is 6.06. The molecule has 1 aliphatic carbocycles. The molecular weight excluding hydrogens is 372 g/mol. The fourth-order valence-electron chi connectivity index (χ4n) is 3.89. The molecule has 2 aromatic heterocycles. The summed E-state index contributed by atoms with van der Waals surface area (Å²) in [7, 11) is 2.14. The maximum Gasteiger partial charge on any atom is 0.147 e. The highest BCUT2D eigenvalue weighted by molar-refractivity contribution is 6.31. The number of hydrogen-bond acceptors (Lipinski definition) is 6. The van der Waals surface area contributed by atoms with E-state index in [9.17, 15) is 0 Å². The fourth-order valence-corrected chi connectivity index (χ4v) is 4.06. The lowest BCUT2D eigenvalue weighted by Crippen LogP contribution is -2.47. The van der Waals surface area contributed by atoms with Crippen molar-refractivity contribution >= 4 is 34.3 Å². The monoisotopic (exact) mass is 394 g/mol. The lowest BCUT2D eigenvalue weighted by Gasteiger charge is -2.38. The van der Waals surface area contributed by atoms with Crippen molar-refractivity contribution < 1.29 is 0 Å². The average Bonchev–Trinajstić information content (AvgIpc) is 3.58. The molecule has 1 atom stereocenters. The van der Waals surface area contributed by atoms with Gasteiger partial charge in [0, 0.05) is 43.3 Å². The predicted molar refractivity (Wildman–Crippen MR) is 112 cm³/mol. The van der Waals surface area contributed by atoms with Crippen LogP contribution in [0.1, 0.15) is 37.4 Å². The summed E-state index contributed by atoms with van der Waals surface area (Å²) < 4.78 is 0. The third-order valence-electron chi connectivity index (χ3n) is 5.72. The van der Waals surface area contributed by atoms with Gasteiger partial charge in [0.1, 0.15) is 17.5 Å². The van der Waals surface area contributed by atoms with Gasteiger partial charge in [-0.3, -0.25) is 4.98 Å². The van der Waals surface area contributed by atoms with Crippen LogP contribution in [-0.2, 0) is 0 Å². The van der Waals surface area contributed by atoms with Crippen LogP contribution in [0.2, 0.25) is 5.02 Å². The van der Waals surface area contributed by atoms with Crippen LogP contribution < -0.4 is 9.80 Å². The zero-order chi connectivity index (χ0) is 19.1. The smallest absolute Gasteiger partial charge is 0.147 e. The highest BCUT2D eigenvalue weighted by atomic mass is 35.5. The van der Waals surface area contributed by atoms with Gasteiger partial charge in [-0.25, -0.2) is 15.0 Å². The van der Waals surface area contributed by atoms with Gasteiger partial charge in [-0.05, 0) is 49.9 Å². The Balaban J connectivity index is 1.35. The van der Waals surface area contributed by atoms with E-state index in [1.54, 1.807) is 0 Å². The van der Waals surface area contributed by atoms with Crippen LogP contribution in [0.4, 0.5) is 11.6 Å². The van der Waals surface area contributed by atoms with E-state index in [4.69, 9.17) is 21.6 Å².